The molecule has 0 saturated carbocycles. The van der Waals surface area contributed by atoms with Gasteiger partial charge in [0.25, 0.3) is 0 Å². The molecule has 0 fully saturated rings. The maximum absolute atomic E-state index is 11.3. The van der Waals surface area contributed by atoms with Crippen molar-refractivity contribution in [2.75, 3.05) is 18.8 Å². The zero-order valence-electron chi connectivity index (χ0n) is 8.05. The largest absolute Gasteiger partial charge is 0.477 e. The quantitative estimate of drug-likeness (QED) is 0.638. The van der Waals surface area contributed by atoms with Gasteiger partial charge in [-0.1, -0.05) is 0 Å². The van der Waals surface area contributed by atoms with Crippen molar-refractivity contribution in [3.63, 3.8) is 0 Å². The van der Waals surface area contributed by atoms with Gasteiger partial charge >= 0.3 is 16.2 Å². The summed E-state index contributed by atoms with van der Waals surface area (Å²) in [5.41, 5.74) is -0.188. The minimum Gasteiger partial charge on any atom is -0.477 e. The Bertz CT molecular complexity index is 463. The molecule has 0 saturated heterocycles. The number of nitrogens with one attached hydrogen (secondary N) is 2. The fourth-order valence-corrected chi connectivity index (χ4v) is 1.26. The third kappa shape index (κ3) is 2.67. The molecule has 8 nitrogen and oxygen atoms in total. The van der Waals surface area contributed by atoms with E-state index in [1.54, 1.807) is 0 Å². The first-order chi connectivity index (χ1) is 6.83. The molecule has 0 aromatic carbocycles. The Balaban J connectivity index is 2.87. The average molecular weight is 234 g/mol. The third-order valence-corrected chi connectivity index (χ3v) is 2.95. The summed E-state index contributed by atoms with van der Waals surface area (Å²) < 4.78 is 25.6. The summed E-state index contributed by atoms with van der Waals surface area (Å²) in [7, 11) is -0.975. The van der Waals surface area contributed by atoms with E-state index in [1.807, 2.05) is 0 Å². The van der Waals surface area contributed by atoms with Crippen molar-refractivity contribution in [1.29, 1.82) is 0 Å². The molecule has 1 aromatic heterocycles. The fourth-order valence-electron chi connectivity index (χ4n) is 0.707. The summed E-state index contributed by atoms with van der Waals surface area (Å²) in [6, 6.07) is 1.09. The van der Waals surface area contributed by atoms with Gasteiger partial charge in [-0.2, -0.15) is 17.8 Å². The lowest BCUT2D eigenvalue weighted by molar-refractivity contribution is 0.0690. The van der Waals surface area contributed by atoms with Crippen LogP contribution in [0.3, 0.4) is 0 Å². The van der Waals surface area contributed by atoms with Crippen LogP contribution < -0.4 is 4.72 Å². The molecule has 15 heavy (non-hydrogen) atoms. The van der Waals surface area contributed by atoms with Gasteiger partial charge in [0.2, 0.25) is 0 Å². The number of anilines is 1. The number of H-pyrrole nitrogens is 1. The number of hydrogen-bond donors (Lipinski definition) is 3. The molecule has 0 aliphatic heterocycles. The topological polar surface area (TPSA) is 115 Å². The van der Waals surface area contributed by atoms with Gasteiger partial charge in [-0.05, 0) is 0 Å². The Morgan fingerprint density at radius 1 is 1.60 bits per heavy atom. The van der Waals surface area contributed by atoms with E-state index < -0.39 is 16.2 Å². The summed E-state index contributed by atoms with van der Waals surface area (Å²) in [6.07, 6.45) is 0. The summed E-state index contributed by atoms with van der Waals surface area (Å²) in [5, 5.41) is 14.2. The van der Waals surface area contributed by atoms with Crippen molar-refractivity contribution in [2.24, 2.45) is 0 Å². The number of hydrogen-bond acceptors (Lipinski definition) is 4. The second-order valence-electron chi connectivity index (χ2n) is 2.86. The van der Waals surface area contributed by atoms with Crippen LogP contribution in [0.4, 0.5) is 5.82 Å². The van der Waals surface area contributed by atoms with Crippen LogP contribution in [-0.4, -0.2) is 48.1 Å². The highest BCUT2D eigenvalue weighted by Gasteiger charge is 2.16. The number of aromatic nitrogens is 2. The van der Waals surface area contributed by atoms with Crippen LogP contribution in [0.25, 0.3) is 0 Å². The lowest BCUT2D eigenvalue weighted by atomic mass is 10.4. The first-order valence-electron chi connectivity index (χ1n) is 3.82. The molecule has 1 heterocycles. The Labute approximate surface area is 86.1 Å². The number of carboxylic acid groups (broad SMARTS) is 1. The molecular weight excluding hydrogens is 224 g/mol. The molecule has 1 rings (SSSR count). The van der Waals surface area contributed by atoms with E-state index in [9.17, 15) is 13.2 Å². The highest BCUT2D eigenvalue weighted by atomic mass is 32.2. The smallest absolute Gasteiger partial charge is 0.353 e. The molecule has 84 valence electrons. The molecule has 1 aromatic rings. The van der Waals surface area contributed by atoms with Crippen LogP contribution in [0, 0.1) is 0 Å². The maximum Gasteiger partial charge on any atom is 0.353 e. The molecular formula is C6H10N4O4S. The van der Waals surface area contributed by atoms with E-state index in [-0.39, 0.29) is 11.5 Å². The van der Waals surface area contributed by atoms with Crippen molar-refractivity contribution in [3.8, 4) is 0 Å². The van der Waals surface area contributed by atoms with E-state index in [0.717, 1.165) is 10.4 Å². The summed E-state index contributed by atoms with van der Waals surface area (Å²) in [6.45, 7) is 0. The van der Waals surface area contributed by atoms with Crippen LogP contribution in [0.15, 0.2) is 6.07 Å². The highest BCUT2D eigenvalue weighted by molar-refractivity contribution is 7.90. The molecule has 0 aliphatic carbocycles. The van der Waals surface area contributed by atoms with Gasteiger partial charge < -0.3 is 5.11 Å². The lowest BCUT2D eigenvalue weighted by Gasteiger charge is -2.10. The summed E-state index contributed by atoms with van der Waals surface area (Å²) in [4.78, 5) is 10.5. The molecule has 3 N–H and O–H groups in total. The molecule has 0 aliphatic rings. The predicted molar refractivity (Wildman–Crippen MR) is 51.8 cm³/mol. The number of aromatic carboxylic acids is 1. The van der Waals surface area contributed by atoms with Gasteiger partial charge in [-0.25, -0.2) is 4.79 Å². The van der Waals surface area contributed by atoms with Crippen LogP contribution >= 0.6 is 0 Å². The van der Waals surface area contributed by atoms with E-state index in [2.05, 4.69) is 14.9 Å². The van der Waals surface area contributed by atoms with Crippen molar-refractivity contribution < 1.29 is 18.3 Å². The molecule has 0 amide bonds. The molecule has 0 unspecified atom stereocenters. The number of carbonyl (C=O) groups is 1. The van der Waals surface area contributed by atoms with E-state index in [4.69, 9.17) is 5.11 Å². The lowest BCUT2D eigenvalue weighted by Crippen LogP contribution is -2.29. The van der Waals surface area contributed by atoms with Crippen molar-refractivity contribution in [3.05, 3.63) is 11.8 Å². The standard InChI is InChI=1S/C6H10N4O4S/c1-10(2)15(13,14)9-5-3-4(6(11)12)7-8-5/h3H,1-2H3,(H,11,12)(H2,7,8,9). The second-order valence-corrected chi connectivity index (χ2v) is 4.75. The minimum atomic E-state index is -3.66. The van der Waals surface area contributed by atoms with Gasteiger partial charge in [-0.15, -0.1) is 0 Å². The monoisotopic (exact) mass is 234 g/mol. The van der Waals surface area contributed by atoms with Crippen molar-refractivity contribution in [1.82, 2.24) is 14.5 Å². The van der Waals surface area contributed by atoms with Crippen LogP contribution in [0.2, 0.25) is 0 Å². The second kappa shape index (κ2) is 3.87. The number of carboxylic acids is 1. The first-order valence-corrected chi connectivity index (χ1v) is 5.26. The van der Waals surface area contributed by atoms with Gasteiger partial charge in [0.05, 0.1) is 0 Å². The zero-order valence-corrected chi connectivity index (χ0v) is 8.87. The Kier molecular flexibility index (Phi) is 2.95. The minimum absolute atomic E-state index is 0.0684. The SMILES string of the molecule is CN(C)S(=O)(=O)Nc1cc(C(=O)O)[nH]n1. The normalized spacial score (nSPS) is 11.7. The van der Waals surface area contributed by atoms with Gasteiger partial charge in [-0.3, -0.25) is 9.82 Å². The maximum atomic E-state index is 11.3. The van der Waals surface area contributed by atoms with Gasteiger partial charge in [0.15, 0.2) is 5.82 Å². The average Bonchev–Trinajstić information content (AvgIpc) is 2.51. The Hall–Kier alpha value is -1.61. The summed E-state index contributed by atoms with van der Waals surface area (Å²) >= 11 is 0. The van der Waals surface area contributed by atoms with Crippen LogP contribution in [0.1, 0.15) is 10.5 Å². The number of aromatic amines is 1. The van der Waals surface area contributed by atoms with Crippen molar-refractivity contribution in [2.45, 2.75) is 0 Å². The molecule has 0 spiro atoms. The fraction of sp³-hybridized carbons (Fsp3) is 0.333. The highest BCUT2D eigenvalue weighted by Crippen LogP contribution is 2.08. The summed E-state index contributed by atoms with van der Waals surface area (Å²) in [5.74, 6) is -1.28. The molecule has 0 atom stereocenters. The molecule has 9 heteroatoms. The van der Waals surface area contributed by atoms with Gasteiger partial charge in [0.1, 0.15) is 5.69 Å². The Morgan fingerprint density at radius 3 is 2.60 bits per heavy atom. The number of nitrogens with zero attached hydrogens (tertiary/aromatic N) is 2. The Morgan fingerprint density at radius 2 is 2.20 bits per heavy atom. The van der Waals surface area contributed by atoms with Gasteiger partial charge in [0, 0.05) is 20.2 Å². The third-order valence-electron chi connectivity index (χ3n) is 1.52. The van der Waals surface area contributed by atoms with E-state index >= 15 is 0 Å². The molecule has 0 bridgehead atoms. The first kappa shape index (κ1) is 11.5. The van der Waals surface area contributed by atoms with E-state index in [0.29, 0.717) is 0 Å². The van der Waals surface area contributed by atoms with E-state index in [1.165, 1.54) is 14.1 Å². The number of rotatable bonds is 4. The van der Waals surface area contributed by atoms with Crippen molar-refractivity contribution >= 4 is 22.0 Å². The van der Waals surface area contributed by atoms with Crippen LogP contribution in [-0.2, 0) is 10.2 Å². The van der Waals surface area contributed by atoms with Crippen LogP contribution in [0.5, 0.6) is 0 Å². The predicted octanol–water partition coefficient (Wildman–Crippen LogP) is -0.674. The zero-order chi connectivity index (χ0) is 11.6. The molecule has 0 radical (unpaired) electrons.